The van der Waals surface area contributed by atoms with Crippen LogP contribution < -0.4 is 5.32 Å². The molecular weight excluding hydrogens is 252 g/mol. The van der Waals surface area contributed by atoms with Gasteiger partial charge >= 0.3 is 5.97 Å². The van der Waals surface area contributed by atoms with Crippen molar-refractivity contribution in [3.05, 3.63) is 0 Å². The molecule has 0 aromatic rings. The molecule has 0 aromatic heterocycles. The molecule has 2 N–H and O–H groups in total. The Hall–Kier alpha value is -0.610. The zero-order chi connectivity index (χ0) is 15.0. The number of hydrogen-bond acceptors (Lipinski definition) is 3. The highest BCUT2D eigenvalue weighted by Crippen LogP contribution is 2.21. The van der Waals surface area contributed by atoms with Gasteiger partial charge in [-0.05, 0) is 71.1 Å². The number of aliphatic carboxylic acids is 1. The molecule has 4 nitrogen and oxygen atoms in total. The number of nitrogens with zero attached hydrogens (tertiary/aromatic N) is 1. The Morgan fingerprint density at radius 3 is 2.50 bits per heavy atom. The van der Waals surface area contributed by atoms with Gasteiger partial charge in [0.2, 0.25) is 0 Å². The largest absolute Gasteiger partial charge is 0.480 e. The van der Waals surface area contributed by atoms with E-state index in [2.05, 4.69) is 24.1 Å². The van der Waals surface area contributed by atoms with Gasteiger partial charge in [0, 0.05) is 0 Å². The summed E-state index contributed by atoms with van der Waals surface area (Å²) in [6, 6.07) is 0. The predicted molar refractivity (Wildman–Crippen MR) is 83.0 cm³/mol. The van der Waals surface area contributed by atoms with Crippen LogP contribution in [-0.4, -0.2) is 47.7 Å². The lowest BCUT2D eigenvalue weighted by molar-refractivity contribution is -0.144. The standard InChI is InChI=1S/C16H32N2O2/c1-4-10-17-16(3,15(19)20)9-6-11-18-12-7-14(5-2)8-13-18/h14,17H,4-13H2,1-3H3,(H,19,20). The topological polar surface area (TPSA) is 52.6 Å². The van der Waals surface area contributed by atoms with E-state index in [-0.39, 0.29) is 0 Å². The molecule has 1 unspecified atom stereocenters. The summed E-state index contributed by atoms with van der Waals surface area (Å²) in [5, 5.41) is 12.6. The molecular formula is C16H32N2O2. The Bertz CT molecular complexity index is 288. The van der Waals surface area contributed by atoms with Gasteiger partial charge in [-0.2, -0.15) is 0 Å². The minimum absolute atomic E-state index is 0.704. The van der Waals surface area contributed by atoms with Crippen LogP contribution in [0, 0.1) is 5.92 Å². The van der Waals surface area contributed by atoms with E-state index in [0.29, 0.717) is 6.42 Å². The summed E-state index contributed by atoms with van der Waals surface area (Å²) in [4.78, 5) is 13.9. The first-order chi connectivity index (χ1) is 9.51. The fourth-order valence-electron chi connectivity index (χ4n) is 2.95. The number of rotatable bonds is 9. The molecule has 118 valence electrons. The van der Waals surface area contributed by atoms with Crippen LogP contribution in [0.15, 0.2) is 0 Å². The van der Waals surface area contributed by atoms with E-state index in [1.165, 1.54) is 32.4 Å². The molecule has 4 heteroatoms. The summed E-state index contributed by atoms with van der Waals surface area (Å²) in [6.45, 7) is 10.3. The molecule has 1 saturated heterocycles. The van der Waals surface area contributed by atoms with E-state index in [1.54, 1.807) is 0 Å². The van der Waals surface area contributed by atoms with E-state index in [1.807, 2.05) is 6.92 Å². The number of nitrogens with one attached hydrogen (secondary N) is 1. The van der Waals surface area contributed by atoms with Gasteiger partial charge in [-0.1, -0.05) is 20.3 Å². The molecule has 0 aromatic carbocycles. The van der Waals surface area contributed by atoms with Crippen molar-refractivity contribution in [2.24, 2.45) is 5.92 Å². The van der Waals surface area contributed by atoms with Crippen molar-refractivity contribution in [3.8, 4) is 0 Å². The first kappa shape index (κ1) is 17.4. The van der Waals surface area contributed by atoms with Gasteiger partial charge in [-0.15, -0.1) is 0 Å². The van der Waals surface area contributed by atoms with Crippen LogP contribution in [0.5, 0.6) is 0 Å². The monoisotopic (exact) mass is 284 g/mol. The Balaban J connectivity index is 2.29. The second-order valence-corrected chi connectivity index (χ2v) is 6.36. The van der Waals surface area contributed by atoms with Crippen molar-refractivity contribution in [2.45, 2.75) is 64.8 Å². The van der Waals surface area contributed by atoms with Crippen LogP contribution >= 0.6 is 0 Å². The van der Waals surface area contributed by atoms with Gasteiger partial charge < -0.3 is 15.3 Å². The van der Waals surface area contributed by atoms with E-state index >= 15 is 0 Å². The summed E-state index contributed by atoms with van der Waals surface area (Å²) in [7, 11) is 0. The molecule has 0 amide bonds. The van der Waals surface area contributed by atoms with E-state index in [4.69, 9.17) is 0 Å². The molecule has 0 saturated carbocycles. The van der Waals surface area contributed by atoms with Gasteiger partial charge in [0.05, 0.1) is 0 Å². The Kier molecular flexibility index (Phi) is 7.52. The molecule has 0 spiro atoms. The Morgan fingerprint density at radius 2 is 2.00 bits per heavy atom. The number of hydrogen-bond donors (Lipinski definition) is 2. The average Bonchev–Trinajstić information content (AvgIpc) is 2.45. The first-order valence-corrected chi connectivity index (χ1v) is 8.22. The van der Waals surface area contributed by atoms with Gasteiger partial charge in [0.25, 0.3) is 0 Å². The van der Waals surface area contributed by atoms with Crippen LogP contribution in [0.25, 0.3) is 0 Å². The van der Waals surface area contributed by atoms with Gasteiger partial charge in [-0.25, -0.2) is 0 Å². The molecule has 20 heavy (non-hydrogen) atoms. The minimum atomic E-state index is -0.766. The third kappa shape index (κ3) is 5.41. The number of carboxylic acids is 1. The number of carboxylic acid groups (broad SMARTS) is 1. The van der Waals surface area contributed by atoms with Crippen molar-refractivity contribution in [2.75, 3.05) is 26.2 Å². The lowest BCUT2D eigenvalue weighted by atomic mass is 9.93. The summed E-state index contributed by atoms with van der Waals surface area (Å²) < 4.78 is 0. The number of likely N-dealkylation sites (tertiary alicyclic amines) is 1. The lowest BCUT2D eigenvalue weighted by Gasteiger charge is -2.32. The average molecular weight is 284 g/mol. The smallest absolute Gasteiger partial charge is 0.323 e. The molecule has 1 rings (SSSR count). The van der Waals surface area contributed by atoms with Crippen molar-refractivity contribution < 1.29 is 9.90 Å². The fourth-order valence-corrected chi connectivity index (χ4v) is 2.95. The highest BCUT2D eigenvalue weighted by Gasteiger charge is 2.31. The molecule has 1 aliphatic heterocycles. The minimum Gasteiger partial charge on any atom is -0.480 e. The third-order valence-corrected chi connectivity index (χ3v) is 4.67. The third-order valence-electron chi connectivity index (χ3n) is 4.67. The predicted octanol–water partition coefficient (Wildman–Crippen LogP) is 2.73. The zero-order valence-electron chi connectivity index (χ0n) is 13.5. The molecule has 0 radical (unpaired) electrons. The van der Waals surface area contributed by atoms with Crippen LogP contribution in [0.4, 0.5) is 0 Å². The van der Waals surface area contributed by atoms with E-state index in [0.717, 1.165) is 31.8 Å². The van der Waals surface area contributed by atoms with Crippen molar-refractivity contribution in [1.82, 2.24) is 10.2 Å². The normalized spacial score (nSPS) is 20.8. The Labute approximate surface area is 123 Å². The van der Waals surface area contributed by atoms with E-state index < -0.39 is 11.5 Å². The van der Waals surface area contributed by atoms with Crippen molar-refractivity contribution in [1.29, 1.82) is 0 Å². The highest BCUT2D eigenvalue weighted by atomic mass is 16.4. The molecule has 1 fully saturated rings. The number of piperidine rings is 1. The SMILES string of the molecule is CCCNC(C)(CCCN1CCC(CC)CC1)C(=O)O. The molecule has 0 aliphatic carbocycles. The summed E-state index contributed by atoms with van der Waals surface area (Å²) in [5.41, 5.74) is -0.766. The molecule has 1 aliphatic rings. The summed E-state index contributed by atoms with van der Waals surface area (Å²) in [5.74, 6) is 0.178. The van der Waals surface area contributed by atoms with Gasteiger partial charge in [0.1, 0.15) is 5.54 Å². The van der Waals surface area contributed by atoms with Crippen molar-refractivity contribution >= 4 is 5.97 Å². The Morgan fingerprint density at radius 1 is 1.35 bits per heavy atom. The van der Waals surface area contributed by atoms with E-state index in [9.17, 15) is 9.90 Å². The lowest BCUT2D eigenvalue weighted by Crippen LogP contribution is -2.50. The van der Waals surface area contributed by atoms with Gasteiger partial charge in [-0.3, -0.25) is 4.79 Å². The second kappa shape index (κ2) is 8.63. The number of carbonyl (C=O) groups is 1. The maximum atomic E-state index is 11.4. The second-order valence-electron chi connectivity index (χ2n) is 6.36. The maximum Gasteiger partial charge on any atom is 0.323 e. The fraction of sp³-hybridized carbons (Fsp3) is 0.938. The van der Waals surface area contributed by atoms with Crippen LogP contribution in [-0.2, 0) is 4.79 Å². The van der Waals surface area contributed by atoms with Crippen LogP contribution in [0.2, 0.25) is 0 Å². The van der Waals surface area contributed by atoms with Gasteiger partial charge in [0.15, 0.2) is 0 Å². The summed E-state index contributed by atoms with van der Waals surface area (Å²) >= 11 is 0. The van der Waals surface area contributed by atoms with Crippen LogP contribution in [0.1, 0.15) is 59.3 Å². The molecule has 1 atom stereocenters. The first-order valence-electron chi connectivity index (χ1n) is 8.22. The maximum absolute atomic E-state index is 11.4. The highest BCUT2D eigenvalue weighted by molar-refractivity contribution is 5.78. The summed E-state index contributed by atoms with van der Waals surface area (Å²) in [6.07, 6.45) is 6.53. The van der Waals surface area contributed by atoms with Crippen molar-refractivity contribution in [3.63, 3.8) is 0 Å². The quantitative estimate of drug-likeness (QED) is 0.683. The zero-order valence-corrected chi connectivity index (χ0v) is 13.5. The molecule has 0 bridgehead atoms. The van der Waals surface area contributed by atoms with Crippen LogP contribution in [0.3, 0.4) is 0 Å². The molecule has 1 heterocycles.